The molecule has 3 N–H and O–H groups in total. The first-order valence-corrected chi connectivity index (χ1v) is 9.56. The first kappa shape index (κ1) is 17.9. The Bertz CT molecular complexity index is 1420. The smallest absolute Gasteiger partial charge is 0.250 e. The van der Waals surface area contributed by atoms with Crippen molar-refractivity contribution >= 4 is 39.2 Å². The number of aromatic nitrogens is 3. The molecule has 30 heavy (non-hydrogen) atoms. The molecule has 6 heteroatoms. The van der Waals surface area contributed by atoms with Gasteiger partial charge in [0.1, 0.15) is 0 Å². The highest BCUT2D eigenvalue weighted by atomic mass is 16.1. The number of carbonyl (C=O) groups is 1. The van der Waals surface area contributed by atoms with Crippen molar-refractivity contribution in [2.24, 2.45) is 12.8 Å². The minimum absolute atomic E-state index is 0.434. The fourth-order valence-electron chi connectivity index (χ4n) is 3.76. The molecule has 0 aliphatic rings. The van der Waals surface area contributed by atoms with Crippen LogP contribution in [-0.4, -0.2) is 20.4 Å². The van der Waals surface area contributed by atoms with Gasteiger partial charge >= 0.3 is 0 Å². The van der Waals surface area contributed by atoms with Gasteiger partial charge in [-0.2, -0.15) is 0 Å². The number of anilines is 2. The lowest BCUT2D eigenvalue weighted by Gasteiger charge is -2.13. The number of nitrogens with two attached hydrogens (primary N) is 1. The van der Waals surface area contributed by atoms with Gasteiger partial charge in [0.15, 0.2) is 0 Å². The van der Waals surface area contributed by atoms with E-state index in [2.05, 4.69) is 44.1 Å². The van der Waals surface area contributed by atoms with Gasteiger partial charge in [0.05, 0.1) is 22.3 Å². The van der Waals surface area contributed by atoms with Crippen molar-refractivity contribution in [1.29, 1.82) is 0 Å². The van der Waals surface area contributed by atoms with E-state index in [4.69, 9.17) is 5.73 Å². The Labute approximate surface area is 173 Å². The summed E-state index contributed by atoms with van der Waals surface area (Å²) in [5.74, 6) is -0.479. The molecule has 0 spiro atoms. The number of primary amides is 1. The van der Waals surface area contributed by atoms with Gasteiger partial charge in [0.25, 0.3) is 5.91 Å². The van der Waals surface area contributed by atoms with Crippen LogP contribution in [0.3, 0.4) is 0 Å². The summed E-state index contributed by atoms with van der Waals surface area (Å²) in [5, 5.41) is 4.51. The lowest BCUT2D eigenvalue weighted by molar-refractivity contribution is 0.100. The predicted molar refractivity (Wildman–Crippen MR) is 120 cm³/mol. The van der Waals surface area contributed by atoms with Crippen molar-refractivity contribution in [3.63, 3.8) is 0 Å². The average molecular weight is 393 g/mol. The molecule has 5 rings (SSSR count). The van der Waals surface area contributed by atoms with Crippen LogP contribution in [0.1, 0.15) is 10.4 Å². The highest BCUT2D eigenvalue weighted by molar-refractivity contribution is 6.01. The van der Waals surface area contributed by atoms with Gasteiger partial charge in [-0.3, -0.25) is 14.8 Å². The second kappa shape index (κ2) is 7.00. The Morgan fingerprint density at radius 2 is 1.83 bits per heavy atom. The summed E-state index contributed by atoms with van der Waals surface area (Å²) in [6.07, 6.45) is 5.42. The van der Waals surface area contributed by atoms with Crippen molar-refractivity contribution in [2.75, 3.05) is 5.32 Å². The van der Waals surface area contributed by atoms with E-state index in [1.165, 1.54) is 5.39 Å². The largest absolute Gasteiger partial charge is 0.366 e. The lowest BCUT2D eigenvalue weighted by atomic mass is 10.0. The van der Waals surface area contributed by atoms with Crippen molar-refractivity contribution in [2.45, 2.75) is 0 Å². The van der Waals surface area contributed by atoms with Crippen LogP contribution in [0.4, 0.5) is 11.4 Å². The molecule has 2 heterocycles. The summed E-state index contributed by atoms with van der Waals surface area (Å²) in [7, 11) is 2.03. The zero-order valence-corrected chi connectivity index (χ0v) is 16.3. The molecule has 2 aromatic heterocycles. The Morgan fingerprint density at radius 1 is 1.00 bits per heavy atom. The van der Waals surface area contributed by atoms with E-state index in [1.807, 2.05) is 37.5 Å². The standard InChI is InChI=1S/C24H19N5O/c1-29-11-8-15-6-7-16(12-22(15)29)19-13-17(14-21-23(19)27-10-9-26-21)28-20-5-3-2-4-18(20)24(25)30/h2-14,28H,1H3,(H2,25,30). The minimum atomic E-state index is -0.479. The molecule has 5 aromatic rings. The van der Waals surface area contributed by atoms with E-state index < -0.39 is 5.91 Å². The Balaban J connectivity index is 1.68. The molecule has 0 bridgehead atoms. The quantitative estimate of drug-likeness (QED) is 0.466. The molecular weight excluding hydrogens is 374 g/mol. The van der Waals surface area contributed by atoms with Crippen molar-refractivity contribution in [1.82, 2.24) is 14.5 Å². The summed E-state index contributed by atoms with van der Waals surface area (Å²) in [5.41, 5.74) is 12.2. The molecule has 146 valence electrons. The Hall–Kier alpha value is -4.19. The molecule has 0 radical (unpaired) electrons. The molecule has 6 nitrogen and oxygen atoms in total. The normalized spacial score (nSPS) is 11.1. The van der Waals surface area contributed by atoms with Crippen LogP contribution in [0.2, 0.25) is 0 Å². The SMILES string of the molecule is Cn1ccc2ccc(-c3cc(Nc4ccccc4C(N)=O)cc4nccnc34)cc21. The number of fused-ring (bicyclic) bond motifs is 2. The topological polar surface area (TPSA) is 85.8 Å². The molecule has 0 saturated carbocycles. The monoisotopic (exact) mass is 393 g/mol. The summed E-state index contributed by atoms with van der Waals surface area (Å²) in [6, 6.07) is 19.6. The second-order valence-electron chi connectivity index (χ2n) is 7.18. The number of para-hydroxylation sites is 1. The number of hydrogen-bond donors (Lipinski definition) is 2. The van der Waals surface area contributed by atoms with Crippen LogP contribution in [-0.2, 0) is 7.05 Å². The molecule has 0 aliphatic carbocycles. The van der Waals surface area contributed by atoms with Crippen molar-refractivity contribution in [3.05, 3.63) is 84.8 Å². The lowest BCUT2D eigenvalue weighted by Crippen LogP contribution is -2.13. The molecule has 0 fully saturated rings. The number of amides is 1. The zero-order chi connectivity index (χ0) is 20.7. The molecule has 0 unspecified atom stereocenters. The van der Waals surface area contributed by atoms with Gasteiger partial charge in [-0.1, -0.05) is 24.3 Å². The van der Waals surface area contributed by atoms with Crippen LogP contribution in [0, 0.1) is 0 Å². The molecule has 3 aromatic carbocycles. The molecular formula is C24H19N5O. The van der Waals surface area contributed by atoms with E-state index in [0.29, 0.717) is 11.3 Å². The third-order valence-corrected chi connectivity index (χ3v) is 5.24. The van der Waals surface area contributed by atoms with Gasteiger partial charge in [-0.05, 0) is 47.3 Å². The second-order valence-corrected chi connectivity index (χ2v) is 7.18. The predicted octanol–water partition coefficient (Wildman–Crippen LogP) is 4.63. The fraction of sp³-hybridized carbons (Fsp3) is 0.0417. The van der Waals surface area contributed by atoms with Crippen LogP contribution >= 0.6 is 0 Å². The minimum Gasteiger partial charge on any atom is -0.366 e. The fourth-order valence-corrected chi connectivity index (χ4v) is 3.76. The maximum atomic E-state index is 11.8. The summed E-state index contributed by atoms with van der Waals surface area (Å²) < 4.78 is 2.10. The third-order valence-electron chi connectivity index (χ3n) is 5.24. The molecule has 0 aliphatic heterocycles. The van der Waals surface area contributed by atoms with Crippen LogP contribution in [0.5, 0.6) is 0 Å². The van der Waals surface area contributed by atoms with E-state index >= 15 is 0 Å². The number of hydrogen-bond acceptors (Lipinski definition) is 4. The molecule has 0 atom stereocenters. The van der Waals surface area contributed by atoms with Crippen LogP contribution in [0.15, 0.2) is 79.3 Å². The van der Waals surface area contributed by atoms with E-state index in [0.717, 1.165) is 33.4 Å². The first-order chi connectivity index (χ1) is 14.6. The summed E-state index contributed by atoms with van der Waals surface area (Å²) in [4.78, 5) is 20.9. The van der Waals surface area contributed by atoms with Gasteiger partial charge in [-0.15, -0.1) is 0 Å². The highest BCUT2D eigenvalue weighted by Crippen LogP contribution is 2.33. The number of aryl methyl sites for hydroxylation is 1. The summed E-state index contributed by atoms with van der Waals surface area (Å²) >= 11 is 0. The molecule has 0 saturated heterocycles. The zero-order valence-electron chi connectivity index (χ0n) is 16.3. The van der Waals surface area contributed by atoms with Crippen molar-refractivity contribution < 1.29 is 4.79 Å². The first-order valence-electron chi connectivity index (χ1n) is 9.56. The maximum Gasteiger partial charge on any atom is 0.250 e. The highest BCUT2D eigenvalue weighted by Gasteiger charge is 2.12. The maximum absolute atomic E-state index is 11.8. The Kier molecular flexibility index (Phi) is 4.17. The Morgan fingerprint density at radius 3 is 2.70 bits per heavy atom. The number of nitrogens with one attached hydrogen (secondary N) is 1. The van der Waals surface area contributed by atoms with Crippen LogP contribution < -0.4 is 11.1 Å². The van der Waals surface area contributed by atoms with E-state index in [-0.39, 0.29) is 0 Å². The van der Waals surface area contributed by atoms with Gasteiger partial charge in [0.2, 0.25) is 0 Å². The van der Waals surface area contributed by atoms with Crippen molar-refractivity contribution in [3.8, 4) is 11.1 Å². The summed E-state index contributed by atoms with van der Waals surface area (Å²) in [6.45, 7) is 0. The van der Waals surface area contributed by atoms with Gasteiger partial charge in [0, 0.05) is 42.4 Å². The molecule has 1 amide bonds. The number of nitrogens with zero attached hydrogens (tertiary/aromatic N) is 3. The van der Waals surface area contributed by atoms with Gasteiger partial charge in [-0.25, -0.2) is 0 Å². The van der Waals surface area contributed by atoms with E-state index in [9.17, 15) is 4.79 Å². The van der Waals surface area contributed by atoms with E-state index in [1.54, 1.807) is 24.5 Å². The average Bonchev–Trinajstić information content (AvgIpc) is 3.13. The van der Waals surface area contributed by atoms with Crippen LogP contribution in [0.25, 0.3) is 33.1 Å². The number of carbonyl (C=O) groups excluding carboxylic acids is 1. The third kappa shape index (κ3) is 3.04. The number of rotatable bonds is 4. The van der Waals surface area contributed by atoms with Gasteiger partial charge < -0.3 is 15.6 Å². The number of benzene rings is 3.